The van der Waals surface area contributed by atoms with Crippen LogP contribution in [0.1, 0.15) is 111 Å². The fraction of sp³-hybridized carbons (Fsp3) is 0.471. The molecule has 1 aliphatic rings. The van der Waals surface area contributed by atoms with Gasteiger partial charge in [-0.15, -0.1) is 0 Å². The van der Waals surface area contributed by atoms with Crippen molar-refractivity contribution in [3.8, 4) is 0 Å². The maximum absolute atomic E-state index is 15.6. The third-order valence-electron chi connectivity index (χ3n) is 6.68. The molecule has 1 aliphatic heterocycles. The number of rotatable bonds is 7. The van der Waals surface area contributed by atoms with E-state index in [2.05, 4.69) is 64.3 Å². The molecule has 0 saturated carbocycles. The van der Waals surface area contributed by atoms with Crippen LogP contribution in [0, 0.1) is 19.7 Å². The van der Waals surface area contributed by atoms with Crippen molar-refractivity contribution in [2.24, 2.45) is 5.73 Å². The first-order valence-corrected chi connectivity index (χ1v) is 14.1. The van der Waals surface area contributed by atoms with Crippen LogP contribution in [0.4, 0.5) is 4.39 Å². The number of hydrogen-bond donors (Lipinski definition) is 1. The lowest BCUT2D eigenvalue weighted by atomic mass is 9.83. The maximum atomic E-state index is 15.6. The summed E-state index contributed by atoms with van der Waals surface area (Å²) in [6.45, 7) is 23.5. The molecule has 2 nitrogen and oxygen atoms in total. The van der Waals surface area contributed by atoms with Crippen LogP contribution in [0.5, 0.6) is 0 Å². The largest absolute Gasteiger partial charge is 0.400 e. The minimum absolute atomic E-state index is 0. The van der Waals surface area contributed by atoms with Crippen molar-refractivity contribution in [3.05, 3.63) is 94.0 Å². The van der Waals surface area contributed by atoms with E-state index >= 15 is 4.39 Å². The van der Waals surface area contributed by atoms with E-state index in [1.807, 2.05) is 52.0 Å². The molecular formula is C34H55FN2. The summed E-state index contributed by atoms with van der Waals surface area (Å²) < 4.78 is 15.6. The predicted octanol–water partition coefficient (Wildman–Crippen LogP) is 10.3. The summed E-state index contributed by atoms with van der Waals surface area (Å²) in [6, 6.07) is 12.0. The van der Waals surface area contributed by atoms with E-state index in [1.165, 1.54) is 24.0 Å². The van der Waals surface area contributed by atoms with E-state index in [0.29, 0.717) is 5.56 Å². The number of halogens is 1. The molecule has 3 heteroatoms. The van der Waals surface area contributed by atoms with E-state index in [0.717, 1.165) is 47.4 Å². The Kier molecular flexibility index (Phi) is 14.2. The minimum atomic E-state index is -0.266. The Bertz CT molecular complexity index is 1050. The molecule has 0 bridgehead atoms. The topological polar surface area (TPSA) is 29.3 Å². The first kappa shape index (κ1) is 32.4. The fourth-order valence-electron chi connectivity index (χ4n) is 4.70. The van der Waals surface area contributed by atoms with Crippen molar-refractivity contribution >= 4 is 11.6 Å². The summed E-state index contributed by atoms with van der Waals surface area (Å²) in [5.74, 6) is -0.200. The third kappa shape index (κ3) is 8.71. The molecule has 2 aromatic carbocycles. The molecule has 0 saturated heterocycles. The Hall–Kier alpha value is -2.65. The quantitative estimate of drug-likeness (QED) is 0.375. The van der Waals surface area contributed by atoms with Gasteiger partial charge in [-0.05, 0) is 81.0 Å². The highest BCUT2D eigenvalue weighted by molar-refractivity contribution is 5.73. The number of nitrogens with zero attached hydrogens (tertiary/aromatic N) is 1. The highest BCUT2D eigenvalue weighted by Gasteiger charge is 2.36. The maximum Gasteiger partial charge on any atom is 0.129 e. The monoisotopic (exact) mass is 510 g/mol. The molecular weight excluding hydrogens is 455 g/mol. The lowest BCUT2D eigenvalue weighted by molar-refractivity contribution is 0.152. The number of nitrogens with two attached hydrogens (primary N) is 1. The first-order valence-electron chi connectivity index (χ1n) is 14.1. The van der Waals surface area contributed by atoms with Gasteiger partial charge in [0.05, 0.1) is 6.04 Å². The van der Waals surface area contributed by atoms with Crippen molar-refractivity contribution in [2.45, 2.75) is 100 Å². The Balaban J connectivity index is 0. The van der Waals surface area contributed by atoms with Gasteiger partial charge in [0.2, 0.25) is 0 Å². The molecule has 37 heavy (non-hydrogen) atoms. The lowest BCUT2D eigenvalue weighted by Crippen LogP contribution is -2.44. The van der Waals surface area contributed by atoms with E-state index in [1.54, 1.807) is 6.07 Å². The molecule has 2 aromatic rings. The van der Waals surface area contributed by atoms with Gasteiger partial charge in [0.15, 0.2) is 0 Å². The summed E-state index contributed by atoms with van der Waals surface area (Å²) in [5.41, 5.74) is 14.5. The zero-order valence-corrected chi connectivity index (χ0v) is 24.9. The number of unbranched alkanes of at least 4 members (excludes halogenated alkanes) is 1. The normalized spacial score (nSPS) is 17.7. The van der Waals surface area contributed by atoms with Crippen molar-refractivity contribution in [1.82, 2.24) is 4.90 Å². The van der Waals surface area contributed by atoms with Gasteiger partial charge in [0, 0.05) is 20.2 Å². The molecule has 0 unspecified atom stereocenters. The van der Waals surface area contributed by atoms with Crippen molar-refractivity contribution in [3.63, 3.8) is 0 Å². The number of aryl methyl sites for hydroxylation is 2. The van der Waals surface area contributed by atoms with Crippen molar-refractivity contribution in [1.29, 1.82) is 0 Å². The molecule has 0 aromatic heterocycles. The standard InChI is InChI=1S/C28H35FN2.C4H10.C2H6.2H2/c1-7-14-31-21(6)16-24(23-11-9-8-10-19(23)4)27(30)28(31)26-20(5)15-22(17-25(26)29)13-12-18(2)3;1-3-4-2;1-2;;/h8-13,15,17,21,28H,2,7,14,16,30H2,1,3-6H3;3-4H2,1-2H3;1-2H3;2*1H/b13-12+;;;;/t21-,28-;;;;/m1..../s1. The molecule has 208 valence electrons. The molecule has 0 spiro atoms. The second-order valence-electron chi connectivity index (χ2n) is 9.86. The first-order chi connectivity index (χ1) is 17.7. The summed E-state index contributed by atoms with van der Waals surface area (Å²) in [4.78, 5) is 2.37. The van der Waals surface area contributed by atoms with Crippen LogP contribution in [0.2, 0.25) is 0 Å². The second-order valence-corrected chi connectivity index (χ2v) is 9.86. The molecule has 1 heterocycles. The van der Waals surface area contributed by atoms with E-state index < -0.39 is 0 Å². The van der Waals surface area contributed by atoms with Crippen LogP contribution in [0.25, 0.3) is 11.6 Å². The molecule has 0 aliphatic carbocycles. The van der Waals surface area contributed by atoms with Crippen LogP contribution in [0.15, 0.2) is 60.3 Å². The van der Waals surface area contributed by atoms with Gasteiger partial charge >= 0.3 is 0 Å². The lowest BCUT2D eigenvalue weighted by Gasteiger charge is -2.43. The molecule has 0 fully saturated rings. The average molecular weight is 511 g/mol. The van der Waals surface area contributed by atoms with Gasteiger partial charge in [0.25, 0.3) is 0 Å². The fourth-order valence-corrected chi connectivity index (χ4v) is 4.70. The van der Waals surface area contributed by atoms with Crippen LogP contribution in [-0.2, 0) is 0 Å². The van der Waals surface area contributed by atoms with E-state index in [4.69, 9.17) is 5.73 Å². The average Bonchev–Trinajstić information content (AvgIpc) is 2.88. The Morgan fingerprint density at radius 2 is 1.70 bits per heavy atom. The van der Waals surface area contributed by atoms with Gasteiger partial charge in [-0.2, -0.15) is 0 Å². The SMILES string of the molecule is C=C(C)/C=C/c1cc(C)c([C@@H]2C(N)=C(c3ccccc3C)C[C@@H](C)N2CCC)c(F)c1.CC.CCCC.[HH].[HH]. The van der Waals surface area contributed by atoms with Gasteiger partial charge < -0.3 is 5.73 Å². The van der Waals surface area contributed by atoms with Crippen LogP contribution in [-0.4, -0.2) is 17.5 Å². The van der Waals surface area contributed by atoms with Gasteiger partial charge in [-0.3, -0.25) is 4.90 Å². The minimum Gasteiger partial charge on any atom is -0.400 e. The van der Waals surface area contributed by atoms with E-state index in [9.17, 15) is 0 Å². The zero-order chi connectivity index (χ0) is 28.1. The summed E-state index contributed by atoms with van der Waals surface area (Å²) in [5, 5.41) is 0. The Morgan fingerprint density at radius 1 is 1.08 bits per heavy atom. The van der Waals surface area contributed by atoms with Gasteiger partial charge in [0.1, 0.15) is 5.82 Å². The summed E-state index contributed by atoms with van der Waals surface area (Å²) in [7, 11) is 0. The Morgan fingerprint density at radius 3 is 2.22 bits per heavy atom. The number of allylic oxidation sites excluding steroid dienone is 2. The molecule has 2 atom stereocenters. The van der Waals surface area contributed by atoms with Gasteiger partial charge in [-0.1, -0.05) is 102 Å². The van der Waals surface area contributed by atoms with Crippen LogP contribution in [0.3, 0.4) is 0 Å². The van der Waals surface area contributed by atoms with Gasteiger partial charge in [-0.25, -0.2) is 4.39 Å². The van der Waals surface area contributed by atoms with Crippen molar-refractivity contribution < 1.29 is 7.24 Å². The predicted molar refractivity (Wildman–Crippen MR) is 167 cm³/mol. The molecule has 2 N–H and O–H groups in total. The number of benzene rings is 2. The highest BCUT2D eigenvalue weighted by atomic mass is 19.1. The van der Waals surface area contributed by atoms with Crippen LogP contribution >= 0.6 is 0 Å². The second kappa shape index (κ2) is 16.2. The Labute approximate surface area is 230 Å². The van der Waals surface area contributed by atoms with Crippen LogP contribution < -0.4 is 5.73 Å². The number of hydrogen-bond acceptors (Lipinski definition) is 2. The zero-order valence-electron chi connectivity index (χ0n) is 24.9. The third-order valence-corrected chi connectivity index (χ3v) is 6.68. The molecule has 0 amide bonds. The van der Waals surface area contributed by atoms with Crippen molar-refractivity contribution in [2.75, 3.05) is 6.54 Å². The van der Waals surface area contributed by atoms with E-state index in [-0.39, 0.29) is 20.8 Å². The highest BCUT2D eigenvalue weighted by Crippen LogP contribution is 2.43. The smallest absolute Gasteiger partial charge is 0.129 e. The molecule has 0 radical (unpaired) electrons. The summed E-state index contributed by atoms with van der Waals surface area (Å²) >= 11 is 0. The summed E-state index contributed by atoms with van der Waals surface area (Å²) in [6.07, 6.45) is 8.32. The molecule has 3 rings (SSSR count).